The molecule has 0 bridgehead atoms. The van der Waals surface area contributed by atoms with Crippen molar-refractivity contribution in [3.8, 4) is 44.5 Å². The molecule has 0 unspecified atom stereocenters. The van der Waals surface area contributed by atoms with E-state index in [-0.39, 0.29) is 58.8 Å². The summed E-state index contributed by atoms with van der Waals surface area (Å²) in [4.78, 5) is 1.37. The molecule has 1 nitrogen and oxygen atoms in total. The maximum Gasteiger partial charge on any atom is 0.0645 e. The molecule has 0 amide bonds. The molecule has 2 heteroatoms. The van der Waals surface area contributed by atoms with Gasteiger partial charge in [0.05, 0.1) is 11.0 Å². The fourth-order valence-corrected chi connectivity index (χ4v) is 9.22. The summed E-state index contributed by atoms with van der Waals surface area (Å²) >= 11 is 1.71. The van der Waals surface area contributed by atoms with Crippen molar-refractivity contribution in [2.75, 3.05) is 4.90 Å². The molecule has 0 aliphatic heterocycles. The van der Waals surface area contributed by atoms with Gasteiger partial charge in [0, 0.05) is 37.2 Å². The van der Waals surface area contributed by atoms with E-state index in [1.165, 1.54) is 15.0 Å². The molecule has 10 aromatic carbocycles. The van der Waals surface area contributed by atoms with Crippen LogP contribution >= 0.6 is 11.3 Å². The molecule has 0 N–H and O–H groups in total. The lowest BCUT2D eigenvalue weighted by molar-refractivity contribution is 1.28. The molecule has 11 aromatic rings. The minimum absolute atomic E-state index is 0.107. The van der Waals surface area contributed by atoms with Gasteiger partial charge >= 0.3 is 0 Å². The molecule has 0 atom stereocenters. The maximum absolute atomic E-state index is 9.61. The zero-order valence-electron chi connectivity index (χ0n) is 39.1. The molecule has 1 aromatic heterocycles. The number of nitrogens with zero attached hydrogens (tertiary/aromatic N) is 1. The van der Waals surface area contributed by atoms with Crippen molar-refractivity contribution < 1.29 is 11.0 Å². The molecular formula is C56H37NS. The van der Waals surface area contributed by atoms with E-state index in [9.17, 15) is 11.0 Å². The van der Waals surface area contributed by atoms with Crippen molar-refractivity contribution in [3.05, 3.63) is 224 Å². The Kier molecular flexibility index (Phi) is 6.57. The van der Waals surface area contributed by atoms with Crippen LogP contribution in [-0.4, -0.2) is 0 Å². The molecule has 272 valence electrons. The molecule has 0 spiro atoms. The van der Waals surface area contributed by atoms with Crippen LogP contribution in [0.4, 0.5) is 17.1 Å². The van der Waals surface area contributed by atoms with Crippen molar-refractivity contribution in [2.45, 2.75) is 0 Å². The normalized spacial score (nSPS) is 13.4. The number of hydrogen-bond acceptors (Lipinski definition) is 2. The number of fused-ring (bicyclic) bond motifs is 5. The van der Waals surface area contributed by atoms with E-state index in [0.29, 0.717) is 16.8 Å². The standard InChI is InChI=1S/C56H37NS/c1-3-14-48-40(10-1)12-7-17-50(48)42-24-22-38(23-25-42)39-26-32-45(33-27-39)57(46-34-28-43(29-35-46)51-18-8-13-41-11-2-4-15-49(41)51)47-36-30-44(31-37-47)52-19-9-20-54-53-16-5-6-21-55(53)58-56(52)54/h1-37H/i26D,27D,28D,29D,32D,33D,34D,35D. The molecule has 0 aliphatic carbocycles. The second-order valence-corrected chi connectivity index (χ2v) is 15.3. The van der Waals surface area contributed by atoms with Crippen molar-refractivity contribution in [1.29, 1.82) is 0 Å². The first kappa shape index (κ1) is 26.6. The van der Waals surface area contributed by atoms with Gasteiger partial charge in [-0.1, -0.05) is 182 Å². The summed E-state index contributed by atoms with van der Waals surface area (Å²) in [6, 6.07) is 54.0. The summed E-state index contributed by atoms with van der Waals surface area (Å²) in [6.45, 7) is 0. The fraction of sp³-hybridized carbons (Fsp3) is 0. The summed E-state index contributed by atoms with van der Waals surface area (Å²) in [7, 11) is 0. The van der Waals surface area contributed by atoms with E-state index in [2.05, 4.69) is 42.5 Å². The van der Waals surface area contributed by atoms with E-state index < -0.39 is 12.1 Å². The van der Waals surface area contributed by atoms with E-state index >= 15 is 0 Å². The highest BCUT2D eigenvalue weighted by atomic mass is 32.1. The lowest BCUT2D eigenvalue weighted by Crippen LogP contribution is -2.09. The second kappa shape index (κ2) is 14.4. The van der Waals surface area contributed by atoms with Gasteiger partial charge in [-0.15, -0.1) is 11.3 Å². The van der Waals surface area contributed by atoms with Crippen molar-refractivity contribution in [3.63, 3.8) is 0 Å². The van der Waals surface area contributed by atoms with Crippen molar-refractivity contribution in [2.24, 2.45) is 0 Å². The Bertz CT molecular complexity index is 3680. The molecule has 0 radical (unpaired) electrons. The average Bonchev–Trinajstić information content (AvgIpc) is 3.74. The maximum atomic E-state index is 9.61. The lowest BCUT2D eigenvalue weighted by Gasteiger charge is -2.26. The average molecular weight is 764 g/mol. The van der Waals surface area contributed by atoms with Crippen molar-refractivity contribution in [1.82, 2.24) is 0 Å². The second-order valence-electron chi connectivity index (χ2n) is 14.2. The van der Waals surface area contributed by atoms with Gasteiger partial charge in [-0.05, 0) is 108 Å². The van der Waals surface area contributed by atoms with E-state index in [0.717, 1.165) is 53.9 Å². The van der Waals surface area contributed by atoms with Crippen molar-refractivity contribution >= 4 is 70.1 Å². The summed E-state index contributed by atoms with van der Waals surface area (Å²) in [5, 5.41) is 6.16. The van der Waals surface area contributed by atoms with Gasteiger partial charge in [0.2, 0.25) is 0 Å². The number of hydrogen-bond donors (Lipinski definition) is 0. The predicted molar refractivity (Wildman–Crippen MR) is 251 cm³/mol. The van der Waals surface area contributed by atoms with Gasteiger partial charge in [-0.25, -0.2) is 0 Å². The van der Waals surface area contributed by atoms with Crippen LogP contribution in [0.2, 0.25) is 0 Å². The summed E-state index contributed by atoms with van der Waals surface area (Å²) in [6.07, 6.45) is 0. The van der Waals surface area contributed by atoms with Crippen LogP contribution < -0.4 is 4.90 Å². The Morgan fingerprint density at radius 2 is 0.759 bits per heavy atom. The molecule has 0 saturated heterocycles. The van der Waals surface area contributed by atoms with Crippen LogP contribution in [0.3, 0.4) is 0 Å². The zero-order chi connectivity index (χ0) is 45.4. The van der Waals surface area contributed by atoms with Gasteiger partial charge in [0.25, 0.3) is 0 Å². The smallest absolute Gasteiger partial charge is 0.0645 e. The quantitative estimate of drug-likeness (QED) is 0.156. The minimum atomic E-state index is -0.391. The molecule has 0 saturated carbocycles. The molecular weight excluding hydrogens is 719 g/mol. The third-order valence-corrected chi connectivity index (χ3v) is 12.1. The van der Waals surface area contributed by atoms with Gasteiger partial charge in [-0.3, -0.25) is 0 Å². The molecule has 0 fully saturated rings. The third kappa shape index (κ3) is 6.03. The SMILES string of the molecule is [2H]c1c([2H])c(N(c2ccc(-c3cccc4c3sc3ccccc34)cc2)c2c([2H])c([2H])c(-c3cccc4ccccc34)c([2H])c2[2H])c([2H])c([2H])c1-c1ccc(-c2cccc3ccccc23)cc1. The highest BCUT2D eigenvalue weighted by molar-refractivity contribution is 7.26. The van der Waals surface area contributed by atoms with Crippen LogP contribution in [0.5, 0.6) is 0 Å². The summed E-state index contributed by atoms with van der Waals surface area (Å²) in [5.41, 5.74) is 5.10. The van der Waals surface area contributed by atoms with E-state index in [1.807, 2.05) is 115 Å². The Labute approximate surface area is 353 Å². The molecule has 1 heterocycles. The highest BCUT2D eigenvalue weighted by Gasteiger charge is 2.16. The summed E-state index contributed by atoms with van der Waals surface area (Å²) in [5.74, 6) is 0. The van der Waals surface area contributed by atoms with E-state index in [1.54, 1.807) is 29.5 Å². The minimum Gasteiger partial charge on any atom is -0.311 e. The van der Waals surface area contributed by atoms with Crippen LogP contribution in [0.1, 0.15) is 11.0 Å². The van der Waals surface area contributed by atoms with Crippen LogP contribution in [0, 0.1) is 0 Å². The van der Waals surface area contributed by atoms with Gasteiger partial charge in [0.1, 0.15) is 0 Å². The predicted octanol–water partition coefficient (Wildman–Crippen LogP) is 16.5. The van der Waals surface area contributed by atoms with Crippen LogP contribution in [0.25, 0.3) is 86.2 Å². The van der Waals surface area contributed by atoms with E-state index in [4.69, 9.17) is 0 Å². The van der Waals surface area contributed by atoms with Crippen LogP contribution in [0.15, 0.2) is 224 Å². The molecule has 0 aliphatic rings. The van der Waals surface area contributed by atoms with Gasteiger partial charge in [0.15, 0.2) is 0 Å². The largest absolute Gasteiger partial charge is 0.311 e. The lowest BCUT2D eigenvalue weighted by atomic mass is 9.96. The number of anilines is 3. The number of benzene rings is 10. The monoisotopic (exact) mass is 763 g/mol. The Balaban J connectivity index is 1.09. The summed E-state index contributed by atoms with van der Waals surface area (Å²) < 4.78 is 78.5. The number of thiophene rings is 1. The topological polar surface area (TPSA) is 3.24 Å². The first-order chi connectivity index (χ1) is 32.1. The first-order valence-electron chi connectivity index (χ1n) is 23.2. The van der Waals surface area contributed by atoms with Gasteiger partial charge < -0.3 is 4.90 Å². The Hall–Kier alpha value is -7.26. The fourth-order valence-electron chi connectivity index (χ4n) is 7.99. The first-order valence-corrected chi connectivity index (χ1v) is 20.0. The Morgan fingerprint density at radius 3 is 1.41 bits per heavy atom. The molecule has 58 heavy (non-hydrogen) atoms. The third-order valence-electron chi connectivity index (χ3n) is 10.8. The molecule has 11 rings (SSSR count). The Morgan fingerprint density at radius 1 is 0.310 bits per heavy atom. The highest BCUT2D eigenvalue weighted by Crippen LogP contribution is 2.42. The van der Waals surface area contributed by atoms with Crippen LogP contribution in [-0.2, 0) is 0 Å². The zero-order valence-corrected chi connectivity index (χ0v) is 31.9. The number of rotatable bonds is 7. The van der Waals surface area contributed by atoms with Gasteiger partial charge in [-0.2, -0.15) is 0 Å².